The van der Waals surface area contributed by atoms with Crippen LogP contribution in [0.5, 0.6) is 0 Å². The molecule has 0 amide bonds. The number of hydrogen-bond donors (Lipinski definition) is 0. The molecule has 0 N–H and O–H groups in total. The van der Waals surface area contributed by atoms with Crippen molar-refractivity contribution in [3.05, 3.63) is 60.8 Å². The molecule has 0 aromatic carbocycles. The lowest BCUT2D eigenvalue weighted by molar-refractivity contribution is -0.167. The molecule has 0 aliphatic heterocycles. The molecule has 0 saturated heterocycles. The monoisotopic (exact) mass is 965 g/mol. The molecule has 6 heteroatoms. The molecule has 0 radical (unpaired) electrons. The van der Waals surface area contributed by atoms with Crippen LogP contribution >= 0.6 is 0 Å². The quantitative estimate of drug-likeness (QED) is 0.0262. The van der Waals surface area contributed by atoms with Crippen LogP contribution in [0.1, 0.15) is 303 Å². The van der Waals surface area contributed by atoms with E-state index < -0.39 is 6.10 Å². The Bertz CT molecular complexity index is 1250. The van der Waals surface area contributed by atoms with Crippen LogP contribution in [0.15, 0.2) is 60.8 Å². The van der Waals surface area contributed by atoms with Crippen LogP contribution in [0.3, 0.4) is 0 Å². The predicted octanol–water partition coefficient (Wildman–Crippen LogP) is 20.0. The first-order valence-electron chi connectivity index (χ1n) is 29.8. The summed E-state index contributed by atoms with van der Waals surface area (Å²) >= 11 is 0. The van der Waals surface area contributed by atoms with Crippen LogP contribution in [0.4, 0.5) is 0 Å². The third-order valence-corrected chi connectivity index (χ3v) is 13.0. The molecule has 69 heavy (non-hydrogen) atoms. The van der Waals surface area contributed by atoms with Crippen LogP contribution in [-0.2, 0) is 28.6 Å². The van der Waals surface area contributed by atoms with Gasteiger partial charge in [0.2, 0.25) is 0 Å². The Hall–Kier alpha value is -2.89. The molecule has 0 spiro atoms. The summed E-state index contributed by atoms with van der Waals surface area (Å²) in [6.07, 6.45) is 72.2. The van der Waals surface area contributed by atoms with Gasteiger partial charge in [-0.15, -0.1) is 0 Å². The summed E-state index contributed by atoms with van der Waals surface area (Å²) < 4.78 is 16.8. The minimum atomic E-state index is -0.792. The molecule has 0 aliphatic rings. The van der Waals surface area contributed by atoms with Gasteiger partial charge in [-0.1, -0.05) is 261 Å². The summed E-state index contributed by atoms with van der Waals surface area (Å²) in [5.41, 5.74) is 0. The lowest BCUT2D eigenvalue weighted by atomic mass is 10.0. The van der Waals surface area contributed by atoms with Crippen molar-refractivity contribution in [1.82, 2.24) is 0 Å². The number of carbonyl (C=O) groups excluding carboxylic acids is 3. The summed E-state index contributed by atoms with van der Waals surface area (Å²) in [5.74, 6) is -0.916. The highest BCUT2D eigenvalue weighted by Crippen LogP contribution is 2.16. The second kappa shape index (κ2) is 57.7. The Morgan fingerprint density at radius 3 is 0.913 bits per heavy atom. The number of carbonyl (C=O) groups is 3. The maximum Gasteiger partial charge on any atom is 0.306 e. The molecule has 0 bridgehead atoms. The fraction of sp³-hybridized carbons (Fsp3) is 0.794. The SMILES string of the molecule is CCCC/C=C\CCCCCCCC(=O)OC[C@H](COC(=O)CCCCCCCCCCCCCCCCCCCCCCC)OC(=O)CCCCC/C=C\C/C=C\C/C=C\C/C=C\CCCCC. The van der Waals surface area contributed by atoms with Crippen molar-refractivity contribution in [3.8, 4) is 0 Å². The summed E-state index contributed by atoms with van der Waals surface area (Å²) in [7, 11) is 0. The van der Waals surface area contributed by atoms with Crippen molar-refractivity contribution >= 4 is 17.9 Å². The zero-order valence-electron chi connectivity index (χ0n) is 45.8. The topological polar surface area (TPSA) is 78.9 Å². The third-order valence-electron chi connectivity index (χ3n) is 13.0. The second-order valence-corrected chi connectivity index (χ2v) is 19.9. The molecular weight excluding hydrogens is 853 g/mol. The average Bonchev–Trinajstić information content (AvgIpc) is 3.35. The number of ether oxygens (including phenoxy) is 3. The van der Waals surface area contributed by atoms with Gasteiger partial charge in [0.1, 0.15) is 13.2 Å². The largest absolute Gasteiger partial charge is 0.462 e. The minimum Gasteiger partial charge on any atom is -0.462 e. The van der Waals surface area contributed by atoms with Gasteiger partial charge in [0.15, 0.2) is 6.10 Å². The number of hydrogen-bond acceptors (Lipinski definition) is 6. The highest BCUT2D eigenvalue weighted by atomic mass is 16.6. The van der Waals surface area contributed by atoms with Crippen molar-refractivity contribution in [2.45, 2.75) is 309 Å². The Morgan fingerprint density at radius 2 is 0.536 bits per heavy atom. The Morgan fingerprint density at radius 1 is 0.290 bits per heavy atom. The van der Waals surface area contributed by atoms with E-state index in [9.17, 15) is 14.4 Å². The van der Waals surface area contributed by atoms with Gasteiger partial charge in [-0.2, -0.15) is 0 Å². The van der Waals surface area contributed by atoms with Crippen molar-refractivity contribution in [2.24, 2.45) is 0 Å². The Kier molecular flexibility index (Phi) is 55.3. The number of esters is 3. The summed E-state index contributed by atoms with van der Waals surface area (Å²) in [6, 6.07) is 0. The molecule has 0 heterocycles. The van der Waals surface area contributed by atoms with Crippen LogP contribution in [0, 0.1) is 0 Å². The average molecular weight is 966 g/mol. The maximum absolute atomic E-state index is 12.8. The van der Waals surface area contributed by atoms with Crippen molar-refractivity contribution in [1.29, 1.82) is 0 Å². The fourth-order valence-corrected chi connectivity index (χ4v) is 8.47. The van der Waals surface area contributed by atoms with Gasteiger partial charge < -0.3 is 14.2 Å². The molecule has 0 aromatic rings. The maximum atomic E-state index is 12.8. The predicted molar refractivity (Wildman–Crippen MR) is 298 cm³/mol. The van der Waals surface area contributed by atoms with Crippen LogP contribution in [0.25, 0.3) is 0 Å². The Balaban J connectivity index is 4.34. The highest BCUT2D eigenvalue weighted by Gasteiger charge is 2.19. The smallest absolute Gasteiger partial charge is 0.306 e. The van der Waals surface area contributed by atoms with Gasteiger partial charge in [0, 0.05) is 19.3 Å². The van der Waals surface area contributed by atoms with E-state index in [0.717, 1.165) is 89.9 Å². The molecule has 0 saturated carbocycles. The van der Waals surface area contributed by atoms with Gasteiger partial charge in [0.25, 0.3) is 0 Å². The summed E-state index contributed by atoms with van der Waals surface area (Å²) in [6.45, 7) is 6.57. The lowest BCUT2D eigenvalue weighted by Gasteiger charge is -2.18. The van der Waals surface area contributed by atoms with Crippen LogP contribution in [0.2, 0.25) is 0 Å². The van der Waals surface area contributed by atoms with Crippen LogP contribution < -0.4 is 0 Å². The van der Waals surface area contributed by atoms with E-state index in [-0.39, 0.29) is 31.1 Å². The second-order valence-electron chi connectivity index (χ2n) is 19.9. The van der Waals surface area contributed by atoms with Gasteiger partial charge in [-0.05, 0) is 83.5 Å². The van der Waals surface area contributed by atoms with Gasteiger partial charge in [-0.3, -0.25) is 14.4 Å². The number of allylic oxidation sites excluding steroid dienone is 10. The van der Waals surface area contributed by atoms with Crippen molar-refractivity contribution in [2.75, 3.05) is 13.2 Å². The van der Waals surface area contributed by atoms with Crippen molar-refractivity contribution < 1.29 is 28.6 Å². The van der Waals surface area contributed by atoms with E-state index in [0.29, 0.717) is 19.3 Å². The van der Waals surface area contributed by atoms with Gasteiger partial charge in [-0.25, -0.2) is 0 Å². The molecular formula is C63H112O6. The molecule has 1 atom stereocenters. The zero-order chi connectivity index (χ0) is 50.0. The lowest BCUT2D eigenvalue weighted by Crippen LogP contribution is -2.30. The molecule has 6 nitrogen and oxygen atoms in total. The molecule has 0 aromatic heterocycles. The zero-order valence-corrected chi connectivity index (χ0v) is 45.8. The normalized spacial score (nSPS) is 12.4. The number of rotatable bonds is 54. The highest BCUT2D eigenvalue weighted by molar-refractivity contribution is 5.71. The molecule has 0 fully saturated rings. The van der Waals surface area contributed by atoms with E-state index in [4.69, 9.17) is 14.2 Å². The fourth-order valence-electron chi connectivity index (χ4n) is 8.47. The standard InChI is InChI=1S/C63H112O6/c1-4-7-10-13-16-19-22-24-26-28-30-31-33-34-36-38-41-44-47-50-53-56-62(65)68-59-60(58-67-61(64)55-52-49-46-43-40-21-18-15-12-9-6-3)69-63(66)57-54-51-48-45-42-39-37-35-32-29-27-25-23-20-17-14-11-8-5-2/h15,17-18,20,25,27,32,35,39,42,60H,4-14,16,19,21-24,26,28-31,33-34,36-38,40-41,43-59H2,1-3H3/b18-15-,20-17-,27-25-,35-32-,42-39-/t60-/m1/s1. The summed E-state index contributed by atoms with van der Waals surface area (Å²) in [5, 5.41) is 0. The van der Waals surface area contributed by atoms with Gasteiger partial charge >= 0.3 is 17.9 Å². The molecule has 400 valence electrons. The number of unbranched alkanes of at least 4 members (excludes halogenated alkanes) is 33. The van der Waals surface area contributed by atoms with E-state index in [1.165, 1.54) is 173 Å². The first-order valence-corrected chi connectivity index (χ1v) is 29.8. The van der Waals surface area contributed by atoms with E-state index in [1.807, 2.05) is 0 Å². The van der Waals surface area contributed by atoms with Crippen molar-refractivity contribution in [3.63, 3.8) is 0 Å². The van der Waals surface area contributed by atoms with Crippen LogP contribution in [-0.4, -0.2) is 37.2 Å². The first-order chi connectivity index (χ1) is 34.0. The molecule has 0 unspecified atom stereocenters. The van der Waals surface area contributed by atoms with Gasteiger partial charge in [0.05, 0.1) is 0 Å². The summed E-state index contributed by atoms with van der Waals surface area (Å²) in [4.78, 5) is 38.1. The third kappa shape index (κ3) is 55.9. The first kappa shape index (κ1) is 66.1. The molecule has 0 aliphatic carbocycles. The Labute approximate surface area is 428 Å². The molecule has 0 rings (SSSR count). The van der Waals surface area contributed by atoms with E-state index in [2.05, 4.69) is 81.5 Å². The van der Waals surface area contributed by atoms with E-state index >= 15 is 0 Å². The minimum absolute atomic E-state index is 0.0872. The van der Waals surface area contributed by atoms with E-state index in [1.54, 1.807) is 0 Å².